The number of sulfone groups is 1. The highest BCUT2D eigenvalue weighted by Crippen LogP contribution is 2.36. The van der Waals surface area contributed by atoms with E-state index in [4.69, 9.17) is 0 Å². The van der Waals surface area contributed by atoms with E-state index in [0.717, 1.165) is 30.5 Å². The Balaban J connectivity index is 1.79. The highest BCUT2D eigenvalue weighted by molar-refractivity contribution is 7.92. The maximum Gasteiger partial charge on any atom is 0.330 e. The molecule has 0 saturated carbocycles. The van der Waals surface area contributed by atoms with Crippen LogP contribution in [0.4, 0.5) is 0 Å². The molecule has 0 spiro atoms. The van der Waals surface area contributed by atoms with Crippen LogP contribution in [0.2, 0.25) is 0 Å². The van der Waals surface area contributed by atoms with E-state index in [2.05, 4.69) is 9.64 Å². The van der Waals surface area contributed by atoms with Gasteiger partial charge in [-0.25, -0.2) is 13.2 Å². The summed E-state index contributed by atoms with van der Waals surface area (Å²) >= 11 is 0. The number of hydrogen-bond donors (Lipinski definition) is 0. The van der Waals surface area contributed by atoms with Gasteiger partial charge in [-0.05, 0) is 49.1 Å². The number of hydrogen-bond acceptors (Lipinski definition) is 5. The Hall–Kier alpha value is -2.44. The molecule has 5 nitrogen and oxygen atoms in total. The summed E-state index contributed by atoms with van der Waals surface area (Å²) in [5.74, 6) is -0.397. The van der Waals surface area contributed by atoms with Gasteiger partial charge in [-0.1, -0.05) is 42.5 Å². The van der Waals surface area contributed by atoms with E-state index in [1.54, 1.807) is 37.3 Å². The summed E-state index contributed by atoms with van der Waals surface area (Å²) in [7, 11) is -2.09. The van der Waals surface area contributed by atoms with Gasteiger partial charge in [0.2, 0.25) is 0 Å². The van der Waals surface area contributed by atoms with Crippen LogP contribution < -0.4 is 0 Å². The first-order valence-corrected chi connectivity index (χ1v) is 10.9. The van der Waals surface area contributed by atoms with Gasteiger partial charge in [0.25, 0.3) is 0 Å². The predicted molar refractivity (Wildman–Crippen MR) is 109 cm³/mol. The minimum atomic E-state index is -3.43. The molecule has 0 amide bonds. The van der Waals surface area contributed by atoms with Crippen molar-refractivity contribution in [3.63, 3.8) is 0 Å². The van der Waals surface area contributed by atoms with Gasteiger partial charge in [0.05, 0.1) is 12.0 Å². The summed E-state index contributed by atoms with van der Waals surface area (Å²) in [6.45, 7) is 2.52. The molecule has 2 atom stereocenters. The summed E-state index contributed by atoms with van der Waals surface area (Å²) in [4.78, 5) is 13.6. The third-order valence-electron chi connectivity index (χ3n) is 5.22. The molecule has 0 aliphatic carbocycles. The van der Waals surface area contributed by atoms with Crippen LogP contribution in [0.1, 0.15) is 36.9 Å². The lowest BCUT2D eigenvalue weighted by Gasteiger charge is -2.30. The number of carbonyl (C=O) groups excluding carboxylic acids is 1. The number of esters is 1. The van der Waals surface area contributed by atoms with Gasteiger partial charge >= 0.3 is 5.97 Å². The SMILES string of the molecule is COC(=O)C=Cc1ccc(C2CCCN2C(C)S(=O)(=O)c2ccccc2)cc1. The first kappa shape index (κ1) is 20.3. The topological polar surface area (TPSA) is 63.7 Å². The van der Waals surface area contributed by atoms with Crippen molar-refractivity contribution in [2.75, 3.05) is 13.7 Å². The van der Waals surface area contributed by atoms with E-state index in [1.807, 2.05) is 30.3 Å². The number of nitrogens with zero attached hydrogens (tertiary/aromatic N) is 1. The van der Waals surface area contributed by atoms with Crippen molar-refractivity contribution in [2.45, 2.75) is 36.1 Å². The van der Waals surface area contributed by atoms with E-state index in [-0.39, 0.29) is 6.04 Å². The fourth-order valence-corrected chi connectivity index (χ4v) is 5.17. The number of benzene rings is 2. The number of carbonyl (C=O) groups is 1. The second kappa shape index (κ2) is 8.71. The van der Waals surface area contributed by atoms with Crippen LogP contribution in [0, 0.1) is 0 Å². The molecule has 1 aliphatic heterocycles. The van der Waals surface area contributed by atoms with Crippen molar-refractivity contribution in [1.29, 1.82) is 0 Å². The normalized spacial score (nSPS) is 19.0. The molecule has 2 aromatic carbocycles. The summed E-state index contributed by atoms with van der Waals surface area (Å²) in [6, 6.07) is 16.6. The van der Waals surface area contributed by atoms with Crippen molar-refractivity contribution >= 4 is 21.9 Å². The van der Waals surface area contributed by atoms with Gasteiger partial charge in [-0.2, -0.15) is 0 Å². The van der Waals surface area contributed by atoms with Crippen molar-refractivity contribution < 1.29 is 17.9 Å². The number of rotatable bonds is 6. The minimum absolute atomic E-state index is 0.0622. The first-order chi connectivity index (χ1) is 13.4. The zero-order valence-electron chi connectivity index (χ0n) is 16.1. The lowest BCUT2D eigenvalue weighted by Crippen LogP contribution is -2.38. The average molecular weight is 400 g/mol. The zero-order chi connectivity index (χ0) is 20.1. The van der Waals surface area contributed by atoms with Gasteiger partial charge in [0.15, 0.2) is 9.84 Å². The average Bonchev–Trinajstić information content (AvgIpc) is 3.22. The maximum absolute atomic E-state index is 13.0. The van der Waals surface area contributed by atoms with E-state index < -0.39 is 21.2 Å². The minimum Gasteiger partial charge on any atom is -0.466 e. The van der Waals surface area contributed by atoms with Crippen molar-refractivity contribution in [3.8, 4) is 0 Å². The van der Waals surface area contributed by atoms with Gasteiger partial charge in [0, 0.05) is 18.7 Å². The Morgan fingerprint density at radius 3 is 2.46 bits per heavy atom. The van der Waals surface area contributed by atoms with Crippen molar-refractivity contribution in [3.05, 3.63) is 71.8 Å². The molecule has 28 heavy (non-hydrogen) atoms. The molecule has 1 heterocycles. The van der Waals surface area contributed by atoms with E-state index in [1.165, 1.54) is 13.2 Å². The fraction of sp³-hybridized carbons (Fsp3) is 0.318. The third kappa shape index (κ3) is 4.34. The van der Waals surface area contributed by atoms with Crippen LogP contribution >= 0.6 is 0 Å². The van der Waals surface area contributed by atoms with Crippen LogP contribution in [-0.2, 0) is 19.4 Å². The molecule has 6 heteroatoms. The standard InChI is InChI=1S/C22H25NO4S/c1-17(28(25,26)20-7-4-3-5-8-20)23-16-6-9-21(23)19-13-10-18(11-14-19)12-15-22(24)27-2/h3-5,7-8,10-15,17,21H,6,9,16H2,1-2H3. The Morgan fingerprint density at radius 1 is 1.14 bits per heavy atom. The highest BCUT2D eigenvalue weighted by Gasteiger charge is 2.36. The zero-order valence-corrected chi connectivity index (χ0v) is 16.9. The van der Waals surface area contributed by atoms with Crippen molar-refractivity contribution in [1.82, 2.24) is 4.90 Å². The Bertz CT molecular complexity index is 936. The van der Waals surface area contributed by atoms with Crippen LogP contribution in [0.3, 0.4) is 0 Å². The maximum atomic E-state index is 13.0. The van der Waals surface area contributed by atoms with Crippen LogP contribution in [0.5, 0.6) is 0 Å². The van der Waals surface area contributed by atoms with E-state index >= 15 is 0 Å². The largest absolute Gasteiger partial charge is 0.466 e. The van der Waals surface area contributed by atoms with Gasteiger partial charge in [-0.3, -0.25) is 4.90 Å². The Morgan fingerprint density at radius 2 is 1.82 bits per heavy atom. The van der Waals surface area contributed by atoms with Gasteiger partial charge in [-0.15, -0.1) is 0 Å². The van der Waals surface area contributed by atoms with E-state index in [9.17, 15) is 13.2 Å². The highest BCUT2D eigenvalue weighted by atomic mass is 32.2. The number of likely N-dealkylation sites (tertiary alicyclic amines) is 1. The molecule has 3 rings (SSSR count). The lowest BCUT2D eigenvalue weighted by molar-refractivity contribution is -0.134. The third-order valence-corrected chi connectivity index (χ3v) is 7.31. The van der Waals surface area contributed by atoms with Gasteiger partial charge < -0.3 is 4.74 Å². The lowest BCUT2D eigenvalue weighted by atomic mass is 10.0. The molecule has 148 valence electrons. The first-order valence-electron chi connectivity index (χ1n) is 9.34. The summed E-state index contributed by atoms with van der Waals surface area (Å²) in [6.07, 6.45) is 4.96. The van der Waals surface area contributed by atoms with Gasteiger partial charge in [0.1, 0.15) is 5.37 Å². The van der Waals surface area contributed by atoms with Crippen LogP contribution in [0.15, 0.2) is 65.6 Å². The Kier molecular flexibility index (Phi) is 6.31. The monoisotopic (exact) mass is 399 g/mol. The van der Waals surface area contributed by atoms with Crippen LogP contribution in [0.25, 0.3) is 6.08 Å². The van der Waals surface area contributed by atoms with Crippen LogP contribution in [-0.4, -0.2) is 38.3 Å². The molecule has 0 bridgehead atoms. The van der Waals surface area contributed by atoms with Crippen molar-refractivity contribution in [2.24, 2.45) is 0 Å². The molecule has 1 saturated heterocycles. The quantitative estimate of drug-likeness (QED) is 0.546. The molecular formula is C22H25NO4S. The number of methoxy groups -OCH3 is 1. The van der Waals surface area contributed by atoms with E-state index in [0.29, 0.717) is 4.90 Å². The molecule has 0 N–H and O–H groups in total. The molecule has 1 fully saturated rings. The number of ether oxygens (including phenoxy) is 1. The Labute approximate surface area is 166 Å². The molecule has 2 unspecified atom stereocenters. The fourth-order valence-electron chi connectivity index (χ4n) is 3.63. The smallest absolute Gasteiger partial charge is 0.330 e. The summed E-state index contributed by atoms with van der Waals surface area (Å²) in [5, 5.41) is -0.596. The second-order valence-corrected chi connectivity index (χ2v) is 9.12. The summed E-state index contributed by atoms with van der Waals surface area (Å²) in [5.41, 5.74) is 1.98. The summed E-state index contributed by atoms with van der Waals surface area (Å²) < 4.78 is 30.7. The predicted octanol–water partition coefficient (Wildman–Crippen LogP) is 3.83. The molecular weight excluding hydrogens is 374 g/mol. The molecule has 2 aromatic rings. The second-order valence-electron chi connectivity index (χ2n) is 6.88. The molecule has 0 aromatic heterocycles. The molecule has 1 aliphatic rings. The molecule has 0 radical (unpaired) electrons.